The number of nitrogens with one attached hydrogen (secondary N) is 2. The van der Waals surface area contributed by atoms with E-state index >= 15 is 0 Å². The Morgan fingerprint density at radius 1 is 1.17 bits per heavy atom. The van der Waals surface area contributed by atoms with E-state index in [1.807, 2.05) is 18.2 Å². The average molecular weight is 270 g/mol. The van der Waals surface area contributed by atoms with Crippen LogP contribution in [0.25, 0.3) is 0 Å². The molecule has 0 amide bonds. The minimum atomic E-state index is -3.13. The Morgan fingerprint density at radius 2 is 1.83 bits per heavy atom. The highest BCUT2D eigenvalue weighted by Crippen LogP contribution is 2.17. The fourth-order valence-electron chi connectivity index (χ4n) is 1.69. The van der Waals surface area contributed by atoms with Crippen molar-refractivity contribution in [2.75, 3.05) is 25.9 Å². The van der Waals surface area contributed by atoms with Crippen LogP contribution in [0, 0.1) is 0 Å². The van der Waals surface area contributed by atoms with Crippen LogP contribution in [-0.2, 0) is 10.0 Å². The van der Waals surface area contributed by atoms with E-state index in [9.17, 15) is 8.42 Å². The highest BCUT2D eigenvalue weighted by molar-refractivity contribution is 7.89. The monoisotopic (exact) mass is 270 g/mol. The minimum absolute atomic E-state index is 0.128. The van der Waals surface area contributed by atoms with Crippen molar-refractivity contribution in [1.29, 1.82) is 0 Å². The summed E-state index contributed by atoms with van der Waals surface area (Å²) in [4.78, 5) is 0. The van der Waals surface area contributed by atoms with Gasteiger partial charge in [-0.05, 0) is 24.9 Å². The number of rotatable bonds is 8. The van der Waals surface area contributed by atoms with E-state index in [1.165, 1.54) is 5.56 Å². The Hall–Kier alpha value is -0.910. The van der Waals surface area contributed by atoms with Crippen molar-refractivity contribution in [3.63, 3.8) is 0 Å². The fourth-order valence-corrected chi connectivity index (χ4v) is 2.73. The number of hydrogen-bond acceptors (Lipinski definition) is 3. The van der Waals surface area contributed by atoms with Gasteiger partial charge >= 0.3 is 0 Å². The molecule has 0 aliphatic heterocycles. The van der Waals surface area contributed by atoms with E-state index in [0.29, 0.717) is 19.0 Å². The van der Waals surface area contributed by atoms with Gasteiger partial charge in [0, 0.05) is 13.1 Å². The number of sulfonamides is 1. The Morgan fingerprint density at radius 3 is 2.44 bits per heavy atom. The lowest BCUT2D eigenvalue weighted by Gasteiger charge is -2.12. The largest absolute Gasteiger partial charge is 0.319 e. The van der Waals surface area contributed by atoms with Crippen molar-refractivity contribution >= 4 is 10.0 Å². The van der Waals surface area contributed by atoms with Gasteiger partial charge in [0.2, 0.25) is 10.0 Å². The summed E-state index contributed by atoms with van der Waals surface area (Å²) in [5, 5.41) is 2.83. The van der Waals surface area contributed by atoms with E-state index in [2.05, 4.69) is 29.1 Å². The van der Waals surface area contributed by atoms with Crippen LogP contribution in [0.3, 0.4) is 0 Å². The lowest BCUT2D eigenvalue weighted by molar-refractivity contribution is 0.570. The Balaban J connectivity index is 2.34. The van der Waals surface area contributed by atoms with E-state index in [1.54, 1.807) is 7.05 Å². The summed E-state index contributed by atoms with van der Waals surface area (Å²) in [6.45, 7) is 3.07. The van der Waals surface area contributed by atoms with Crippen LogP contribution < -0.4 is 10.0 Å². The standard InChI is InChI=1S/C13H22N2O2S/c1-12(13-6-4-3-5-7-13)8-9-15-18(16,17)11-10-14-2/h3-7,12,14-15H,8-11H2,1-2H3. The van der Waals surface area contributed by atoms with E-state index in [0.717, 1.165) is 6.42 Å². The van der Waals surface area contributed by atoms with Crippen LogP contribution in [0.2, 0.25) is 0 Å². The molecule has 1 aromatic rings. The molecule has 0 saturated heterocycles. The van der Waals surface area contributed by atoms with Gasteiger partial charge in [-0.1, -0.05) is 37.3 Å². The van der Waals surface area contributed by atoms with Crippen LogP contribution in [0.4, 0.5) is 0 Å². The first-order valence-corrected chi connectivity index (χ1v) is 7.87. The molecule has 0 bridgehead atoms. The normalized spacial score (nSPS) is 13.4. The molecule has 0 radical (unpaired) electrons. The molecule has 0 saturated carbocycles. The number of hydrogen-bond donors (Lipinski definition) is 2. The maximum absolute atomic E-state index is 11.6. The highest BCUT2D eigenvalue weighted by atomic mass is 32.2. The molecule has 0 aromatic heterocycles. The van der Waals surface area contributed by atoms with Crippen LogP contribution >= 0.6 is 0 Å². The summed E-state index contributed by atoms with van der Waals surface area (Å²) < 4.78 is 25.7. The predicted molar refractivity (Wildman–Crippen MR) is 75.2 cm³/mol. The molecule has 0 fully saturated rings. The first-order valence-electron chi connectivity index (χ1n) is 6.22. The van der Waals surface area contributed by atoms with E-state index in [-0.39, 0.29) is 5.75 Å². The molecule has 0 spiro atoms. The minimum Gasteiger partial charge on any atom is -0.319 e. The van der Waals surface area contributed by atoms with Crippen molar-refractivity contribution in [1.82, 2.24) is 10.0 Å². The van der Waals surface area contributed by atoms with Gasteiger partial charge in [-0.3, -0.25) is 0 Å². The lowest BCUT2D eigenvalue weighted by atomic mass is 9.98. The molecule has 4 nitrogen and oxygen atoms in total. The highest BCUT2D eigenvalue weighted by Gasteiger charge is 2.10. The Labute approximate surface area is 110 Å². The summed E-state index contributed by atoms with van der Waals surface area (Å²) in [7, 11) is -1.39. The molecule has 5 heteroatoms. The van der Waals surface area contributed by atoms with Crippen LogP contribution in [0.15, 0.2) is 30.3 Å². The summed E-state index contributed by atoms with van der Waals surface area (Å²) in [5.41, 5.74) is 1.24. The molecule has 1 aromatic carbocycles. The molecule has 102 valence electrons. The third-order valence-electron chi connectivity index (χ3n) is 2.89. The van der Waals surface area contributed by atoms with Gasteiger partial charge < -0.3 is 5.32 Å². The Bertz CT molecular complexity index is 432. The summed E-state index contributed by atoms with van der Waals surface area (Å²) in [6.07, 6.45) is 0.808. The average Bonchev–Trinajstić information content (AvgIpc) is 2.37. The van der Waals surface area contributed by atoms with Gasteiger partial charge in [0.15, 0.2) is 0 Å². The zero-order valence-corrected chi connectivity index (χ0v) is 11.8. The summed E-state index contributed by atoms with van der Waals surface area (Å²) in [5.74, 6) is 0.488. The van der Waals surface area contributed by atoms with Gasteiger partial charge in [-0.25, -0.2) is 13.1 Å². The molecule has 2 N–H and O–H groups in total. The van der Waals surface area contributed by atoms with Crippen molar-refractivity contribution in [2.45, 2.75) is 19.3 Å². The predicted octanol–water partition coefficient (Wildman–Crippen LogP) is 1.32. The molecule has 1 rings (SSSR count). The summed E-state index contributed by atoms with van der Waals surface area (Å²) in [6, 6.07) is 10.1. The molecule has 0 aliphatic carbocycles. The van der Waals surface area contributed by atoms with Crippen molar-refractivity contribution < 1.29 is 8.42 Å². The maximum atomic E-state index is 11.6. The van der Waals surface area contributed by atoms with Gasteiger partial charge in [0.1, 0.15) is 0 Å². The first kappa shape index (κ1) is 15.1. The second-order valence-electron chi connectivity index (χ2n) is 4.42. The third kappa shape index (κ3) is 5.62. The van der Waals surface area contributed by atoms with Crippen molar-refractivity contribution in [2.24, 2.45) is 0 Å². The molecule has 0 heterocycles. The maximum Gasteiger partial charge on any atom is 0.212 e. The van der Waals surface area contributed by atoms with Crippen LogP contribution in [0.5, 0.6) is 0 Å². The molecule has 0 aliphatic rings. The summed E-state index contributed by atoms with van der Waals surface area (Å²) >= 11 is 0. The van der Waals surface area contributed by atoms with Crippen molar-refractivity contribution in [3.05, 3.63) is 35.9 Å². The second kappa shape index (κ2) is 7.51. The zero-order chi connectivity index (χ0) is 13.4. The van der Waals surface area contributed by atoms with Gasteiger partial charge in [-0.15, -0.1) is 0 Å². The molecular weight excluding hydrogens is 248 g/mol. The van der Waals surface area contributed by atoms with Gasteiger partial charge in [0.25, 0.3) is 0 Å². The van der Waals surface area contributed by atoms with Crippen LogP contribution in [0.1, 0.15) is 24.8 Å². The molecule has 1 unspecified atom stereocenters. The van der Waals surface area contributed by atoms with Crippen LogP contribution in [-0.4, -0.2) is 34.3 Å². The third-order valence-corrected chi connectivity index (χ3v) is 4.27. The topological polar surface area (TPSA) is 58.2 Å². The quantitative estimate of drug-likeness (QED) is 0.749. The van der Waals surface area contributed by atoms with Crippen molar-refractivity contribution in [3.8, 4) is 0 Å². The SMILES string of the molecule is CNCCS(=O)(=O)NCCC(C)c1ccccc1. The first-order chi connectivity index (χ1) is 8.55. The molecule has 18 heavy (non-hydrogen) atoms. The van der Waals surface area contributed by atoms with E-state index in [4.69, 9.17) is 0 Å². The smallest absolute Gasteiger partial charge is 0.212 e. The second-order valence-corrected chi connectivity index (χ2v) is 6.34. The molecule has 1 atom stereocenters. The fraction of sp³-hybridized carbons (Fsp3) is 0.538. The number of benzene rings is 1. The van der Waals surface area contributed by atoms with Gasteiger partial charge in [0.05, 0.1) is 5.75 Å². The zero-order valence-electron chi connectivity index (χ0n) is 11.0. The van der Waals surface area contributed by atoms with E-state index < -0.39 is 10.0 Å². The molecular formula is C13H22N2O2S. The Kier molecular flexibility index (Phi) is 6.32. The lowest BCUT2D eigenvalue weighted by Crippen LogP contribution is -2.31. The van der Waals surface area contributed by atoms with Gasteiger partial charge in [-0.2, -0.15) is 0 Å².